The van der Waals surface area contributed by atoms with Gasteiger partial charge in [-0.2, -0.15) is 0 Å². The van der Waals surface area contributed by atoms with Crippen LogP contribution >= 0.6 is 11.6 Å². The lowest BCUT2D eigenvalue weighted by Crippen LogP contribution is -2.17. The van der Waals surface area contributed by atoms with Crippen molar-refractivity contribution >= 4 is 34.8 Å². The summed E-state index contributed by atoms with van der Waals surface area (Å²) in [6.07, 6.45) is 2.36. The largest absolute Gasteiger partial charge is 0.469 e. The Labute approximate surface area is 132 Å². The van der Waals surface area contributed by atoms with E-state index in [-0.39, 0.29) is 23.7 Å². The SMILES string of the molecule is CC(=O)Nc1ccc(Cl)cc1NC(=O)[C@H]1C[C@@H]1c1ccco1. The fraction of sp³-hybridized carbons (Fsp3) is 0.250. The van der Waals surface area contributed by atoms with E-state index >= 15 is 0 Å². The van der Waals surface area contributed by atoms with E-state index in [0.29, 0.717) is 16.4 Å². The van der Waals surface area contributed by atoms with Gasteiger partial charge in [-0.25, -0.2) is 0 Å². The highest BCUT2D eigenvalue weighted by Gasteiger charge is 2.45. The number of carbonyl (C=O) groups is 2. The van der Waals surface area contributed by atoms with Crippen molar-refractivity contribution in [2.45, 2.75) is 19.3 Å². The van der Waals surface area contributed by atoms with E-state index in [1.807, 2.05) is 12.1 Å². The third-order valence-electron chi connectivity index (χ3n) is 3.59. The molecular formula is C16H15ClN2O3. The zero-order valence-electron chi connectivity index (χ0n) is 11.9. The molecule has 0 aliphatic heterocycles. The molecule has 114 valence electrons. The Hall–Kier alpha value is -2.27. The summed E-state index contributed by atoms with van der Waals surface area (Å²) in [6.45, 7) is 1.41. The number of halogens is 1. The Morgan fingerprint density at radius 1 is 1.23 bits per heavy atom. The van der Waals surface area contributed by atoms with E-state index in [4.69, 9.17) is 16.0 Å². The number of furan rings is 1. The van der Waals surface area contributed by atoms with E-state index in [1.165, 1.54) is 6.92 Å². The van der Waals surface area contributed by atoms with Gasteiger partial charge < -0.3 is 15.1 Å². The van der Waals surface area contributed by atoms with Crippen molar-refractivity contribution in [2.24, 2.45) is 5.92 Å². The third-order valence-corrected chi connectivity index (χ3v) is 3.82. The number of nitrogens with one attached hydrogen (secondary N) is 2. The Morgan fingerprint density at radius 3 is 2.73 bits per heavy atom. The first-order valence-electron chi connectivity index (χ1n) is 6.96. The summed E-state index contributed by atoms with van der Waals surface area (Å²) in [5.74, 6) is 0.523. The molecule has 1 saturated carbocycles. The Morgan fingerprint density at radius 2 is 2.05 bits per heavy atom. The third kappa shape index (κ3) is 3.14. The van der Waals surface area contributed by atoms with Crippen LogP contribution in [0.4, 0.5) is 11.4 Å². The minimum atomic E-state index is -0.210. The van der Waals surface area contributed by atoms with Gasteiger partial charge in [-0.3, -0.25) is 9.59 Å². The van der Waals surface area contributed by atoms with Crippen molar-refractivity contribution in [3.05, 3.63) is 47.4 Å². The van der Waals surface area contributed by atoms with Gasteiger partial charge in [0.2, 0.25) is 11.8 Å². The molecule has 0 saturated heterocycles. The van der Waals surface area contributed by atoms with Crippen LogP contribution in [0.25, 0.3) is 0 Å². The van der Waals surface area contributed by atoms with E-state index < -0.39 is 0 Å². The fourth-order valence-corrected chi connectivity index (χ4v) is 2.62. The van der Waals surface area contributed by atoms with Gasteiger partial charge in [0.15, 0.2) is 0 Å². The Bertz CT molecular complexity index is 712. The molecule has 0 radical (unpaired) electrons. The lowest BCUT2D eigenvalue weighted by Gasteiger charge is -2.11. The van der Waals surface area contributed by atoms with Crippen LogP contribution in [0.2, 0.25) is 5.02 Å². The van der Waals surface area contributed by atoms with Crippen LogP contribution in [-0.4, -0.2) is 11.8 Å². The van der Waals surface area contributed by atoms with Crippen molar-refractivity contribution in [3.8, 4) is 0 Å². The smallest absolute Gasteiger partial charge is 0.228 e. The molecule has 22 heavy (non-hydrogen) atoms. The molecule has 2 atom stereocenters. The van der Waals surface area contributed by atoms with Gasteiger partial charge in [0.1, 0.15) is 5.76 Å². The predicted molar refractivity (Wildman–Crippen MR) is 83.9 cm³/mol. The lowest BCUT2D eigenvalue weighted by molar-refractivity contribution is -0.117. The lowest BCUT2D eigenvalue weighted by atomic mass is 10.2. The second kappa shape index (κ2) is 5.85. The first-order chi connectivity index (χ1) is 10.5. The van der Waals surface area contributed by atoms with Crippen LogP contribution in [0.5, 0.6) is 0 Å². The van der Waals surface area contributed by atoms with Crippen LogP contribution < -0.4 is 10.6 Å². The number of amides is 2. The maximum Gasteiger partial charge on any atom is 0.228 e. The standard InChI is InChI=1S/C16H15ClN2O3/c1-9(20)18-13-5-4-10(17)7-14(13)19-16(21)12-8-11(12)15-3-2-6-22-15/h2-7,11-12H,8H2,1H3,(H,18,20)(H,19,21)/t11-,12-/m0/s1. The quantitative estimate of drug-likeness (QED) is 0.904. The van der Waals surface area contributed by atoms with Crippen molar-refractivity contribution in [1.82, 2.24) is 0 Å². The summed E-state index contributed by atoms with van der Waals surface area (Å²) in [5.41, 5.74) is 1.03. The number of hydrogen-bond donors (Lipinski definition) is 2. The molecular weight excluding hydrogens is 304 g/mol. The van der Waals surface area contributed by atoms with Gasteiger partial charge in [0.05, 0.1) is 17.6 Å². The molecule has 1 fully saturated rings. The molecule has 2 aromatic rings. The van der Waals surface area contributed by atoms with E-state index in [9.17, 15) is 9.59 Å². The van der Waals surface area contributed by atoms with Gasteiger partial charge >= 0.3 is 0 Å². The zero-order chi connectivity index (χ0) is 15.7. The highest BCUT2D eigenvalue weighted by Crippen LogP contribution is 2.48. The minimum Gasteiger partial charge on any atom is -0.469 e. The van der Waals surface area contributed by atoms with E-state index in [1.54, 1.807) is 24.5 Å². The summed E-state index contributed by atoms with van der Waals surface area (Å²) in [7, 11) is 0. The summed E-state index contributed by atoms with van der Waals surface area (Å²) in [6, 6.07) is 8.63. The topological polar surface area (TPSA) is 71.3 Å². The minimum absolute atomic E-state index is 0.102. The fourth-order valence-electron chi connectivity index (χ4n) is 2.45. The van der Waals surface area contributed by atoms with Crippen LogP contribution in [0.1, 0.15) is 25.0 Å². The number of carbonyl (C=O) groups excluding carboxylic acids is 2. The van der Waals surface area contributed by atoms with Gasteiger partial charge in [0.25, 0.3) is 0 Å². The predicted octanol–water partition coefficient (Wildman–Crippen LogP) is 3.63. The number of anilines is 2. The summed E-state index contributed by atoms with van der Waals surface area (Å²) in [5, 5.41) is 5.99. The van der Waals surface area contributed by atoms with Crippen molar-refractivity contribution < 1.29 is 14.0 Å². The number of hydrogen-bond acceptors (Lipinski definition) is 3. The normalized spacial score (nSPS) is 19.5. The van der Waals surface area contributed by atoms with Crippen molar-refractivity contribution in [1.29, 1.82) is 0 Å². The summed E-state index contributed by atoms with van der Waals surface area (Å²) >= 11 is 5.96. The van der Waals surface area contributed by atoms with Crippen molar-refractivity contribution in [3.63, 3.8) is 0 Å². The zero-order valence-corrected chi connectivity index (χ0v) is 12.7. The second-order valence-electron chi connectivity index (χ2n) is 5.32. The summed E-state index contributed by atoms with van der Waals surface area (Å²) in [4.78, 5) is 23.5. The van der Waals surface area contributed by atoms with Gasteiger partial charge in [-0.1, -0.05) is 11.6 Å². The van der Waals surface area contributed by atoms with Gasteiger partial charge in [-0.05, 0) is 36.8 Å². The molecule has 1 heterocycles. The van der Waals surface area contributed by atoms with Crippen LogP contribution in [0.3, 0.4) is 0 Å². The summed E-state index contributed by atoms with van der Waals surface area (Å²) < 4.78 is 5.33. The molecule has 0 unspecified atom stereocenters. The molecule has 1 aliphatic rings. The molecule has 0 spiro atoms. The molecule has 0 bridgehead atoms. The molecule has 3 rings (SSSR count). The van der Waals surface area contributed by atoms with Gasteiger partial charge in [0, 0.05) is 23.8 Å². The Kier molecular flexibility index (Phi) is 3.90. The van der Waals surface area contributed by atoms with E-state index in [0.717, 1.165) is 12.2 Å². The average molecular weight is 319 g/mol. The molecule has 1 aromatic heterocycles. The van der Waals surface area contributed by atoms with Crippen molar-refractivity contribution in [2.75, 3.05) is 10.6 Å². The first-order valence-corrected chi connectivity index (χ1v) is 7.34. The van der Waals surface area contributed by atoms with Crippen LogP contribution in [0, 0.1) is 5.92 Å². The van der Waals surface area contributed by atoms with E-state index in [2.05, 4.69) is 10.6 Å². The maximum atomic E-state index is 12.3. The van der Waals surface area contributed by atoms with Gasteiger partial charge in [-0.15, -0.1) is 0 Å². The van der Waals surface area contributed by atoms with Crippen LogP contribution in [0.15, 0.2) is 41.0 Å². The second-order valence-corrected chi connectivity index (χ2v) is 5.76. The molecule has 5 nitrogen and oxygen atoms in total. The molecule has 1 aromatic carbocycles. The Balaban J connectivity index is 1.72. The maximum absolute atomic E-state index is 12.3. The first kappa shape index (κ1) is 14.7. The highest BCUT2D eigenvalue weighted by molar-refractivity contribution is 6.31. The molecule has 2 amide bonds. The highest BCUT2D eigenvalue weighted by atomic mass is 35.5. The monoisotopic (exact) mass is 318 g/mol. The van der Waals surface area contributed by atoms with Crippen LogP contribution in [-0.2, 0) is 9.59 Å². The number of rotatable bonds is 4. The molecule has 6 heteroatoms. The average Bonchev–Trinajstić information content (AvgIpc) is 3.08. The molecule has 2 N–H and O–H groups in total. The molecule has 1 aliphatic carbocycles. The number of benzene rings is 1.